The number of carbonyl (C=O) groups is 1. The zero-order valence-electron chi connectivity index (χ0n) is 22.4. The van der Waals surface area contributed by atoms with E-state index in [4.69, 9.17) is 21.3 Å². The summed E-state index contributed by atoms with van der Waals surface area (Å²) in [7, 11) is 2.10. The standard InChI is InChI=1S/C30H32ClN3O3S/c1-7-23-32-20-13-10-18(15-22(20)34(23)6)28-33-21-14-16(2)24(26(29(35)36)37-30(3,4)5)25(27(21)38-28)17-8-11-19(31)12-9-17/h8-15,23,26,32H,7H2,1-6H3,(H,35,36)/t23?,26-/m0/s1. The molecule has 198 valence electrons. The molecule has 38 heavy (non-hydrogen) atoms. The Morgan fingerprint density at radius 2 is 1.87 bits per heavy atom. The lowest BCUT2D eigenvalue weighted by Crippen LogP contribution is -2.31. The smallest absolute Gasteiger partial charge is 0.337 e. The van der Waals surface area contributed by atoms with Gasteiger partial charge in [-0.15, -0.1) is 11.3 Å². The number of anilines is 2. The van der Waals surface area contributed by atoms with Crippen molar-refractivity contribution in [2.75, 3.05) is 17.3 Å². The van der Waals surface area contributed by atoms with Crippen LogP contribution in [-0.2, 0) is 9.53 Å². The van der Waals surface area contributed by atoms with E-state index in [-0.39, 0.29) is 6.17 Å². The van der Waals surface area contributed by atoms with E-state index in [0.717, 1.165) is 55.3 Å². The Labute approximate surface area is 232 Å². The minimum absolute atomic E-state index is 0.271. The summed E-state index contributed by atoms with van der Waals surface area (Å²) in [4.78, 5) is 19.8. The summed E-state index contributed by atoms with van der Waals surface area (Å²) in [6, 6.07) is 15.8. The third kappa shape index (κ3) is 4.86. The number of rotatable bonds is 6. The van der Waals surface area contributed by atoms with E-state index >= 15 is 0 Å². The largest absolute Gasteiger partial charge is 0.479 e. The van der Waals surface area contributed by atoms with E-state index in [9.17, 15) is 9.90 Å². The number of aryl methyl sites for hydroxylation is 1. The van der Waals surface area contributed by atoms with Crippen molar-refractivity contribution in [2.24, 2.45) is 0 Å². The molecule has 2 atom stereocenters. The van der Waals surface area contributed by atoms with Crippen molar-refractivity contribution in [3.05, 3.63) is 64.7 Å². The lowest BCUT2D eigenvalue weighted by Gasteiger charge is -2.28. The van der Waals surface area contributed by atoms with E-state index in [1.165, 1.54) is 0 Å². The first-order chi connectivity index (χ1) is 18.0. The first-order valence-corrected chi connectivity index (χ1v) is 13.9. The maximum Gasteiger partial charge on any atom is 0.337 e. The van der Waals surface area contributed by atoms with Crippen molar-refractivity contribution in [1.82, 2.24) is 4.98 Å². The number of nitrogens with zero attached hydrogens (tertiary/aromatic N) is 2. The zero-order chi connectivity index (χ0) is 27.4. The summed E-state index contributed by atoms with van der Waals surface area (Å²) in [5.41, 5.74) is 6.62. The molecule has 0 saturated heterocycles. The fourth-order valence-corrected chi connectivity index (χ4v) is 6.31. The second kappa shape index (κ2) is 9.88. The van der Waals surface area contributed by atoms with Gasteiger partial charge in [-0.25, -0.2) is 9.78 Å². The number of carboxylic acid groups (broad SMARTS) is 1. The fraction of sp³-hybridized carbons (Fsp3) is 0.333. The number of nitrogens with one attached hydrogen (secondary N) is 1. The summed E-state index contributed by atoms with van der Waals surface area (Å²) in [5.74, 6) is -1.03. The van der Waals surface area contributed by atoms with Crippen LogP contribution in [0, 0.1) is 6.92 Å². The van der Waals surface area contributed by atoms with Gasteiger partial charge in [0.15, 0.2) is 6.10 Å². The summed E-state index contributed by atoms with van der Waals surface area (Å²) >= 11 is 7.78. The Kier molecular flexibility index (Phi) is 6.88. The molecule has 0 radical (unpaired) electrons. The van der Waals surface area contributed by atoms with Crippen LogP contribution in [0.15, 0.2) is 48.5 Å². The monoisotopic (exact) mass is 549 g/mol. The van der Waals surface area contributed by atoms with Gasteiger partial charge in [-0.3, -0.25) is 0 Å². The average Bonchev–Trinajstić information content (AvgIpc) is 3.42. The van der Waals surface area contributed by atoms with Crippen molar-refractivity contribution in [3.8, 4) is 21.7 Å². The van der Waals surface area contributed by atoms with Crippen LogP contribution >= 0.6 is 22.9 Å². The summed E-state index contributed by atoms with van der Waals surface area (Å²) in [5, 5.41) is 15.3. The van der Waals surface area contributed by atoms with Gasteiger partial charge in [0, 0.05) is 28.8 Å². The molecule has 5 rings (SSSR count). The highest BCUT2D eigenvalue weighted by atomic mass is 35.5. The van der Waals surface area contributed by atoms with Gasteiger partial charge in [0.05, 0.1) is 33.4 Å². The molecular weight excluding hydrogens is 518 g/mol. The first kappa shape index (κ1) is 26.5. The zero-order valence-corrected chi connectivity index (χ0v) is 24.0. The third-order valence-electron chi connectivity index (χ3n) is 6.82. The molecule has 2 heterocycles. The predicted molar refractivity (Wildman–Crippen MR) is 158 cm³/mol. The van der Waals surface area contributed by atoms with Crippen LogP contribution in [-0.4, -0.2) is 34.9 Å². The SMILES string of the molecule is CCC1Nc2ccc(-c3nc4cc(C)c([C@H](OC(C)(C)C)C(=O)O)c(-c5ccc(Cl)cc5)c4s3)cc2N1C. The lowest BCUT2D eigenvalue weighted by molar-refractivity contribution is -0.160. The van der Waals surface area contributed by atoms with E-state index in [0.29, 0.717) is 10.6 Å². The van der Waals surface area contributed by atoms with E-state index in [1.807, 2.05) is 58.0 Å². The van der Waals surface area contributed by atoms with Crippen LogP contribution in [0.5, 0.6) is 0 Å². The maximum absolute atomic E-state index is 12.6. The molecule has 6 nitrogen and oxygen atoms in total. The van der Waals surface area contributed by atoms with Gasteiger partial charge in [-0.1, -0.05) is 30.7 Å². The molecule has 0 bridgehead atoms. The van der Waals surface area contributed by atoms with Gasteiger partial charge >= 0.3 is 5.97 Å². The van der Waals surface area contributed by atoms with E-state index in [2.05, 4.69) is 42.4 Å². The minimum atomic E-state index is -1.14. The second-order valence-corrected chi connectivity index (χ2v) is 12.2. The number of halogens is 1. The van der Waals surface area contributed by atoms with Gasteiger partial charge in [0.2, 0.25) is 0 Å². The van der Waals surface area contributed by atoms with E-state index < -0.39 is 17.7 Å². The van der Waals surface area contributed by atoms with Crippen LogP contribution in [0.2, 0.25) is 5.02 Å². The van der Waals surface area contributed by atoms with Crippen LogP contribution < -0.4 is 10.2 Å². The Hall–Kier alpha value is -3.13. The fourth-order valence-electron chi connectivity index (χ4n) is 5.06. The number of aliphatic carboxylic acids is 1. The molecular formula is C30H32ClN3O3S. The Balaban J connectivity index is 1.73. The molecule has 0 aliphatic carbocycles. The molecule has 0 saturated carbocycles. The van der Waals surface area contributed by atoms with Crippen LogP contribution in [0.3, 0.4) is 0 Å². The highest BCUT2D eigenvalue weighted by Gasteiger charge is 2.32. The number of thiazole rings is 1. The highest BCUT2D eigenvalue weighted by Crippen LogP contribution is 2.45. The average molecular weight is 550 g/mol. The number of hydrogen-bond donors (Lipinski definition) is 2. The summed E-state index contributed by atoms with van der Waals surface area (Å²) < 4.78 is 7.04. The Morgan fingerprint density at radius 1 is 1.18 bits per heavy atom. The molecule has 2 N–H and O–H groups in total. The lowest BCUT2D eigenvalue weighted by atomic mass is 9.91. The molecule has 1 unspecified atom stereocenters. The minimum Gasteiger partial charge on any atom is -0.479 e. The van der Waals surface area contributed by atoms with Crippen LogP contribution in [0.4, 0.5) is 11.4 Å². The molecule has 0 amide bonds. The number of carboxylic acids is 1. The quantitative estimate of drug-likeness (QED) is 0.253. The van der Waals surface area contributed by atoms with Gasteiger partial charge in [-0.2, -0.15) is 0 Å². The molecule has 1 aliphatic heterocycles. The predicted octanol–water partition coefficient (Wildman–Crippen LogP) is 8.13. The van der Waals surface area contributed by atoms with Crippen molar-refractivity contribution >= 4 is 50.5 Å². The normalized spacial score (nSPS) is 16.0. The number of aromatic nitrogens is 1. The molecule has 1 aromatic heterocycles. The van der Waals surface area contributed by atoms with Crippen LogP contribution in [0.1, 0.15) is 51.3 Å². The Morgan fingerprint density at radius 3 is 2.50 bits per heavy atom. The molecule has 4 aromatic rings. The third-order valence-corrected chi connectivity index (χ3v) is 8.21. The van der Waals surface area contributed by atoms with Crippen molar-refractivity contribution in [3.63, 3.8) is 0 Å². The molecule has 0 spiro atoms. The van der Waals surface area contributed by atoms with Gasteiger partial charge in [-0.05, 0) is 81.6 Å². The number of ether oxygens (including phenoxy) is 1. The van der Waals surface area contributed by atoms with Crippen molar-refractivity contribution in [1.29, 1.82) is 0 Å². The molecule has 8 heteroatoms. The van der Waals surface area contributed by atoms with E-state index in [1.54, 1.807) is 11.3 Å². The topological polar surface area (TPSA) is 74.7 Å². The Bertz CT molecular complexity index is 1520. The summed E-state index contributed by atoms with van der Waals surface area (Å²) in [6.45, 7) is 9.70. The number of fused-ring (bicyclic) bond motifs is 2. The first-order valence-electron chi connectivity index (χ1n) is 12.7. The second-order valence-electron chi connectivity index (χ2n) is 10.7. The van der Waals surface area contributed by atoms with Gasteiger partial charge in [0.1, 0.15) is 5.01 Å². The molecule has 0 fully saturated rings. The number of benzene rings is 3. The maximum atomic E-state index is 12.6. The van der Waals surface area contributed by atoms with Crippen molar-refractivity contribution < 1.29 is 14.6 Å². The number of hydrogen-bond acceptors (Lipinski definition) is 6. The van der Waals surface area contributed by atoms with Gasteiger partial charge in [0.25, 0.3) is 0 Å². The summed E-state index contributed by atoms with van der Waals surface area (Å²) in [6.07, 6.45) is 0.129. The van der Waals surface area contributed by atoms with Crippen molar-refractivity contribution in [2.45, 2.75) is 58.9 Å². The molecule has 3 aromatic carbocycles. The van der Waals surface area contributed by atoms with Crippen LogP contribution in [0.25, 0.3) is 31.9 Å². The molecule has 1 aliphatic rings. The highest BCUT2D eigenvalue weighted by molar-refractivity contribution is 7.22. The van der Waals surface area contributed by atoms with Gasteiger partial charge < -0.3 is 20.1 Å².